The Kier molecular flexibility index (Phi) is 4.87. The molecule has 2 heterocycles. The summed E-state index contributed by atoms with van der Waals surface area (Å²) < 4.78 is 25.7. The summed E-state index contributed by atoms with van der Waals surface area (Å²) in [5, 5.41) is 6.17. The number of hydrogen-bond acceptors (Lipinski definition) is 6. The molecule has 0 spiro atoms. The van der Waals surface area contributed by atoms with E-state index >= 15 is 0 Å². The topological polar surface area (TPSA) is 108 Å². The van der Waals surface area contributed by atoms with Gasteiger partial charge in [0.15, 0.2) is 0 Å². The number of sulfonamides is 1. The third-order valence-corrected chi connectivity index (χ3v) is 7.78. The number of amides is 2. The fourth-order valence-electron chi connectivity index (χ4n) is 3.03. The molecule has 0 radical (unpaired) electrons. The summed E-state index contributed by atoms with van der Waals surface area (Å²) >= 11 is 1.62. The van der Waals surface area contributed by atoms with Gasteiger partial charge >= 0.3 is 11.8 Å². The minimum atomic E-state index is -3.20. The van der Waals surface area contributed by atoms with E-state index in [4.69, 9.17) is 0 Å². The van der Waals surface area contributed by atoms with Gasteiger partial charge in [-0.15, -0.1) is 11.3 Å². The highest BCUT2D eigenvalue weighted by Gasteiger charge is 2.28. The van der Waals surface area contributed by atoms with Crippen LogP contribution in [0.2, 0.25) is 0 Å². The van der Waals surface area contributed by atoms with Crippen molar-refractivity contribution < 1.29 is 18.0 Å². The van der Waals surface area contributed by atoms with Crippen LogP contribution in [0.25, 0.3) is 10.2 Å². The number of thiazole rings is 1. The Morgan fingerprint density at radius 1 is 1.26 bits per heavy atom. The van der Waals surface area contributed by atoms with Crippen molar-refractivity contribution in [2.24, 2.45) is 0 Å². The van der Waals surface area contributed by atoms with Gasteiger partial charge in [0.05, 0.1) is 21.0 Å². The number of fused-ring (bicyclic) bond motifs is 1. The molecule has 1 aliphatic carbocycles. The van der Waals surface area contributed by atoms with Crippen molar-refractivity contribution in [1.29, 1.82) is 0 Å². The monoisotopic (exact) mass is 408 g/mol. The Bertz CT molecular complexity index is 998. The van der Waals surface area contributed by atoms with Crippen LogP contribution < -0.4 is 10.6 Å². The van der Waals surface area contributed by atoms with Gasteiger partial charge in [0, 0.05) is 31.2 Å². The van der Waals surface area contributed by atoms with Gasteiger partial charge in [-0.05, 0) is 37.5 Å². The van der Waals surface area contributed by atoms with Crippen LogP contribution in [0.5, 0.6) is 0 Å². The molecule has 1 saturated heterocycles. The van der Waals surface area contributed by atoms with Gasteiger partial charge < -0.3 is 10.6 Å². The third kappa shape index (κ3) is 4.12. The first-order valence-electron chi connectivity index (χ1n) is 8.90. The van der Waals surface area contributed by atoms with Crippen LogP contribution in [0.15, 0.2) is 18.2 Å². The summed E-state index contributed by atoms with van der Waals surface area (Å²) in [7, 11) is -3.20. The molecule has 4 rings (SSSR count). The molecule has 144 valence electrons. The summed E-state index contributed by atoms with van der Waals surface area (Å²) in [6, 6.07) is 5.38. The average molecular weight is 409 g/mol. The van der Waals surface area contributed by atoms with E-state index in [0.717, 1.165) is 15.2 Å². The van der Waals surface area contributed by atoms with E-state index < -0.39 is 21.8 Å². The van der Waals surface area contributed by atoms with Crippen molar-refractivity contribution in [1.82, 2.24) is 14.6 Å². The van der Waals surface area contributed by atoms with Crippen LogP contribution in [0, 0.1) is 0 Å². The molecule has 2 fully saturated rings. The highest BCUT2D eigenvalue weighted by atomic mass is 32.2. The molecule has 1 aromatic heterocycles. The summed E-state index contributed by atoms with van der Waals surface area (Å²) in [6.45, 7) is 0.740. The maximum atomic E-state index is 12.1. The predicted molar refractivity (Wildman–Crippen MR) is 103 cm³/mol. The highest BCUT2D eigenvalue weighted by Crippen LogP contribution is 2.43. The molecule has 1 saturated carbocycles. The standard InChI is InChI=1S/C17H20N4O4S2/c22-15(18-6-8-21-7-1-9-27(21,24)25)16(23)19-12-4-5-13-14(10-12)26-17(20-13)11-2-3-11/h4-5,10-11H,1-3,6-9H2,(H,18,22)(H,19,23). The van der Waals surface area contributed by atoms with Crippen LogP contribution in [0.1, 0.15) is 30.2 Å². The maximum absolute atomic E-state index is 12.1. The number of benzene rings is 1. The molecular formula is C17H20N4O4S2. The zero-order valence-corrected chi connectivity index (χ0v) is 16.2. The van der Waals surface area contributed by atoms with Gasteiger partial charge in [-0.1, -0.05) is 0 Å². The Hall–Kier alpha value is -2.04. The average Bonchev–Trinajstić information content (AvgIpc) is 3.30. The lowest BCUT2D eigenvalue weighted by Gasteiger charge is -2.14. The highest BCUT2D eigenvalue weighted by molar-refractivity contribution is 7.89. The SMILES string of the molecule is O=C(NCCN1CCCS1(=O)=O)C(=O)Nc1ccc2nc(C3CC3)sc2c1. The summed E-state index contributed by atoms with van der Waals surface area (Å²) in [5.41, 5.74) is 1.44. The quantitative estimate of drug-likeness (QED) is 0.724. The van der Waals surface area contributed by atoms with E-state index in [1.54, 1.807) is 17.4 Å². The lowest BCUT2D eigenvalue weighted by Crippen LogP contribution is -2.40. The van der Waals surface area contributed by atoms with E-state index in [1.807, 2.05) is 12.1 Å². The largest absolute Gasteiger partial charge is 0.347 e. The fraction of sp³-hybridized carbons (Fsp3) is 0.471. The minimum Gasteiger partial charge on any atom is -0.347 e. The van der Waals surface area contributed by atoms with Crippen molar-refractivity contribution in [3.8, 4) is 0 Å². The minimum absolute atomic E-state index is 0.101. The second kappa shape index (κ2) is 7.17. The van der Waals surface area contributed by atoms with Crippen LogP contribution in [0.3, 0.4) is 0 Å². The second-order valence-electron chi connectivity index (χ2n) is 6.79. The van der Waals surface area contributed by atoms with E-state index in [2.05, 4.69) is 15.6 Å². The number of nitrogens with zero attached hydrogens (tertiary/aromatic N) is 2. The molecule has 10 heteroatoms. The lowest BCUT2D eigenvalue weighted by molar-refractivity contribution is -0.136. The maximum Gasteiger partial charge on any atom is 0.313 e. The van der Waals surface area contributed by atoms with Crippen LogP contribution in [-0.2, 0) is 19.6 Å². The Morgan fingerprint density at radius 3 is 2.78 bits per heavy atom. The van der Waals surface area contributed by atoms with E-state index in [9.17, 15) is 18.0 Å². The second-order valence-corrected chi connectivity index (χ2v) is 9.94. The van der Waals surface area contributed by atoms with E-state index in [-0.39, 0.29) is 18.8 Å². The molecule has 1 aliphatic heterocycles. The molecule has 0 bridgehead atoms. The first kappa shape index (κ1) is 18.3. The summed E-state index contributed by atoms with van der Waals surface area (Å²) in [5.74, 6) is -0.838. The van der Waals surface area contributed by atoms with Gasteiger partial charge in [0.1, 0.15) is 0 Å². The number of anilines is 1. The van der Waals surface area contributed by atoms with Gasteiger partial charge in [-0.25, -0.2) is 17.7 Å². The molecule has 8 nitrogen and oxygen atoms in total. The van der Waals surface area contributed by atoms with Gasteiger partial charge in [0.25, 0.3) is 0 Å². The first-order chi connectivity index (χ1) is 12.9. The van der Waals surface area contributed by atoms with Crippen molar-refractivity contribution >= 4 is 49.1 Å². The Labute approximate surface area is 161 Å². The lowest BCUT2D eigenvalue weighted by atomic mass is 10.3. The van der Waals surface area contributed by atoms with Crippen LogP contribution >= 0.6 is 11.3 Å². The normalized spacial score (nSPS) is 19.3. The number of rotatable bonds is 5. The fourth-order valence-corrected chi connectivity index (χ4v) is 5.73. The summed E-state index contributed by atoms with van der Waals surface area (Å²) in [6.07, 6.45) is 2.96. The van der Waals surface area contributed by atoms with Crippen molar-refractivity contribution in [2.45, 2.75) is 25.2 Å². The third-order valence-electron chi connectivity index (χ3n) is 4.65. The van der Waals surface area contributed by atoms with Crippen LogP contribution in [-0.4, -0.2) is 54.9 Å². The molecule has 2 aliphatic rings. The van der Waals surface area contributed by atoms with Crippen molar-refractivity contribution in [3.05, 3.63) is 23.2 Å². The van der Waals surface area contributed by atoms with Crippen molar-refractivity contribution in [3.63, 3.8) is 0 Å². The number of aromatic nitrogens is 1. The number of hydrogen-bond donors (Lipinski definition) is 2. The molecular weight excluding hydrogens is 388 g/mol. The van der Waals surface area contributed by atoms with E-state index in [0.29, 0.717) is 24.6 Å². The molecule has 2 aromatic rings. The smallest absolute Gasteiger partial charge is 0.313 e. The predicted octanol–water partition coefficient (Wildman–Crippen LogP) is 1.26. The van der Waals surface area contributed by atoms with Gasteiger partial charge in [0.2, 0.25) is 10.0 Å². The summed E-state index contributed by atoms with van der Waals surface area (Å²) in [4.78, 5) is 28.6. The zero-order chi connectivity index (χ0) is 19.0. The number of nitrogens with one attached hydrogen (secondary N) is 2. The molecule has 0 unspecified atom stereocenters. The number of carbonyl (C=O) groups is 2. The number of carbonyl (C=O) groups excluding carboxylic acids is 2. The first-order valence-corrected chi connectivity index (χ1v) is 11.3. The van der Waals surface area contributed by atoms with Gasteiger partial charge in [-0.3, -0.25) is 9.59 Å². The molecule has 1 aromatic carbocycles. The molecule has 27 heavy (non-hydrogen) atoms. The molecule has 2 amide bonds. The van der Waals surface area contributed by atoms with Crippen LogP contribution in [0.4, 0.5) is 5.69 Å². The van der Waals surface area contributed by atoms with E-state index in [1.165, 1.54) is 17.1 Å². The van der Waals surface area contributed by atoms with Gasteiger partial charge in [-0.2, -0.15) is 0 Å². The molecule has 0 atom stereocenters. The van der Waals surface area contributed by atoms with Crippen molar-refractivity contribution in [2.75, 3.05) is 30.7 Å². The zero-order valence-electron chi connectivity index (χ0n) is 14.6. The Balaban J connectivity index is 1.31. The molecule has 2 N–H and O–H groups in total. The Morgan fingerprint density at radius 2 is 2.07 bits per heavy atom.